The average Bonchev–Trinajstić information content (AvgIpc) is 2.42. The van der Waals surface area contributed by atoms with Crippen LogP contribution in [0.25, 0.3) is 0 Å². The zero-order valence-electron chi connectivity index (χ0n) is 10.6. The van der Waals surface area contributed by atoms with Gasteiger partial charge in [0.1, 0.15) is 29.6 Å². The number of carboxylic acids is 1. The highest BCUT2D eigenvalue weighted by Gasteiger charge is 2.17. The lowest BCUT2D eigenvalue weighted by atomic mass is 10.1. The zero-order valence-corrected chi connectivity index (χ0v) is 12.2. The van der Waals surface area contributed by atoms with Gasteiger partial charge < -0.3 is 15.6 Å². The highest BCUT2D eigenvalue weighted by atomic mass is 79.9. The van der Waals surface area contributed by atoms with Crippen molar-refractivity contribution < 1.29 is 23.4 Å². The molecule has 0 saturated carbocycles. The Balaban J connectivity index is 2.32. The number of hydrogen-bond acceptors (Lipinski definition) is 3. The summed E-state index contributed by atoms with van der Waals surface area (Å²) >= 11 is 2.94. The van der Waals surface area contributed by atoms with Crippen LogP contribution in [0.4, 0.5) is 14.5 Å². The summed E-state index contributed by atoms with van der Waals surface area (Å²) < 4.78 is 32.7. The molecule has 21 heavy (non-hydrogen) atoms. The molecule has 2 aromatic carbocycles. The molecule has 0 saturated heterocycles. The Bertz CT molecular complexity index is 707. The first-order valence-corrected chi connectivity index (χ1v) is 6.58. The molecule has 3 N–H and O–H groups in total. The van der Waals surface area contributed by atoms with E-state index in [9.17, 15) is 13.6 Å². The van der Waals surface area contributed by atoms with E-state index in [0.717, 1.165) is 6.07 Å². The Morgan fingerprint density at radius 3 is 2.67 bits per heavy atom. The topological polar surface area (TPSA) is 72.5 Å². The van der Waals surface area contributed by atoms with Crippen molar-refractivity contribution in [1.29, 1.82) is 0 Å². The Kier molecular flexibility index (Phi) is 4.42. The molecule has 0 spiro atoms. The molecule has 0 aromatic heterocycles. The van der Waals surface area contributed by atoms with Gasteiger partial charge in [0.05, 0.1) is 10.0 Å². The van der Waals surface area contributed by atoms with Gasteiger partial charge in [0.2, 0.25) is 0 Å². The van der Waals surface area contributed by atoms with Gasteiger partial charge in [0, 0.05) is 5.69 Å². The number of carboxylic acid groups (broad SMARTS) is 1. The van der Waals surface area contributed by atoms with E-state index < -0.39 is 24.2 Å². The lowest BCUT2D eigenvalue weighted by Crippen LogP contribution is -2.08. The molecule has 0 aliphatic heterocycles. The van der Waals surface area contributed by atoms with E-state index >= 15 is 0 Å². The zero-order chi connectivity index (χ0) is 15.6. The molecule has 2 rings (SSSR count). The quantitative estimate of drug-likeness (QED) is 0.647. The molecule has 2 aromatic rings. The monoisotopic (exact) mass is 357 g/mol. The van der Waals surface area contributed by atoms with Gasteiger partial charge in [-0.25, -0.2) is 13.6 Å². The molecular weight excluding hydrogens is 348 g/mol. The van der Waals surface area contributed by atoms with Gasteiger partial charge in [-0.15, -0.1) is 0 Å². The predicted molar refractivity (Wildman–Crippen MR) is 76.2 cm³/mol. The first kappa shape index (κ1) is 15.2. The fourth-order valence-electron chi connectivity index (χ4n) is 1.75. The van der Waals surface area contributed by atoms with E-state index in [-0.39, 0.29) is 27.0 Å². The third-order valence-corrected chi connectivity index (χ3v) is 3.40. The van der Waals surface area contributed by atoms with Gasteiger partial charge in [-0.1, -0.05) is 6.07 Å². The second kappa shape index (κ2) is 6.09. The number of ether oxygens (including phenoxy) is 1. The van der Waals surface area contributed by atoms with Crippen LogP contribution in [-0.2, 0) is 6.61 Å². The van der Waals surface area contributed by atoms with Gasteiger partial charge in [0.15, 0.2) is 0 Å². The summed E-state index contributed by atoms with van der Waals surface area (Å²) in [5, 5.41) is 9.08. The van der Waals surface area contributed by atoms with Crippen LogP contribution in [0.2, 0.25) is 0 Å². The predicted octanol–water partition coefficient (Wildman–Crippen LogP) is 3.59. The van der Waals surface area contributed by atoms with Crippen molar-refractivity contribution >= 4 is 27.6 Å². The number of nitrogens with two attached hydrogens (primary N) is 1. The van der Waals surface area contributed by atoms with E-state index in [4.69, 9.17) is 15.6 Å². The van der Waals surface area contributed by atoms with Crippen LogP contribution in [0.3, 0.4) is 0 Å². The molecule has 0 amide bonds. The minimum absolute atomic E-state index is 0.00943. The second-order valence-electron chi connectivity index (χ2n) is 4.14. The summed E-state index contributed by atoms with van der Waals surface area (Å²) in [4.78, 5) is 11.1. The largest absolute Gasteiger partial charge is 0.488 e. The first-order valence-electron chi connectivity index (χ1n) is 5.78. The van der Waals surface area contributed by atoms with E-state index in [2.05, 4.69) is 15.9 Å². The number of hydrogen-bond donors (Lipinski definition) is 2. The number of rotatable bonds is 4. The summed E-state index contributed by atoms with van der Waals surface area (Å²) in [5.41, 5.74) is 5.02. The Morgan fingerprint density at radius 2 is 2.00 bits per heavy atom. The number of benzene rings is 2. The van der Waals surface area contributed by atoms with Gasteiger partial charge in [-0.2, -0.15) is 0 Å². The fraction of sp³-hybridized carbons (Fsp3) is 0.0714. The van der Waals surface area contributed by atoms with Crippen molar-refractivity contribution in [2.75, 3.05) is 5.73 Å². The maximum absolute atomic E-state index is 13.8. The molecule has 7 heteroatoms. The Morgan fingerprint density at radius 1 is 1.29 bits per heavy atom. The summed E-state index contributed by atoms with van der Waals surface area (Å²) in [6.45, 7) is -0.458. The van der Waals surface area contributed by atoms with Crippen molar-refractivity contribution in [2.45, 2.75) is 6.61 Å². The van der Waals surface area contributed by atoms with Crippen LogP contribution in [0.1, 0.15) is 15.9 Å². The lowest BCUT2D eigenvalue weighted by molar-refractivity contribution is 0.0693. The molecular formula is C14H10BrF2NO3. The molecule has 4 nitrogen and oxygen atoms in total. The average molecular weight is 358 g/mol. The molecule has 0 heterocycles. The normalized spacial score (nSPS) is 10.4. The summed E-state index contributed by atoms with van der Waals surface area (Å²) in [6.07, 6.45) is 0. The highest BCUT2D eigenvalue weighted by molar-refractivity contribution is 9.10. The second-order valence-corrected chi connectivity index (χ2v) is 4.99. The van der Waals surface area contributed by atoms with Crippen LogP contribution in [0.15, 0.2) is 34.8 Å². The molecule has 0 aliphatic rings. The van der Waals surface area contributed by atoms with E-state index in [1.165, 1.54) is 24.3 Å². The van der Waals surface area contributed by atoms with Crippen molar-refractivity contribution in [3.8, 4) is 5.75 Å². The molecule has 0 fully saturated rings. The molecule has 110 valence electrons. The highest BCUT2D eigenvalue weighted by Crippen LogP contribution is 2.27. The van der Waals surface area contributed by atoms with Crippen molar-refractivity contribution in [1.82, 2.24) is 0 Å². The van der Waals surface area contributed by atoms with E-state index in [1.807, 2.05) is 0 Å². The van der Waals surface area contributed by atoms with Crippen molar-refractivity contribution in [3.63, 3.8) is 0 Å². The number of nitrogen functional groups attached to an aromatic ring is 1. The minimum Gasteiger partial charge on any atom is -0.488 e. The smallest absolute Gasteiger partial charge is 0.341 e. The van der Waals surface area contributed by atoms with Crippen LogP contribution < -0.4 is 10.5 Å². The van der Waals surface area contributed by atoms with E-state index in [1.54, 1.807) is 0 Å². The number of aromatic carboxylic acids is 1. The molecule has 0 aliphatic carbocycles. The first-order chi connectivity index (χ1) is 9.91. The third kappa shape index (κ3) is 3.13. The van der Waals surface area contributed by atoms with Crippen LogP contribution in [-0.4, -0.2) is 11.1 Å². The fourth-order valence-corrected chi connectivity index (χ4v) is 2.12. The summed E-state index contributed by atoms with van der Waals surface area (Å²) in [5.74, 6) is -2.91. The van der Waals surface area contributed by atoms with Gasteiger partial charge in [-0.05, 0) is 40.2 Å². The SMILES string of the molecule is Nc1cccc(OCc2c(F)ccc(Br)c2F)c1C(=O)O. The molecule has 0 radical (unpaired) electrons. The van der Waals surface area contributed by atoms with Gasteiger partial charge >= 0.3 is 5.97 Å². The number of carbonyl (C=O) groups is 1. The third-order valence-electron chi connectivity index (χ3n) is 2.78. The number of anilines is 1. The lowest BCUT2D eigenvalue weighted by Gasteiger charge is -2.12. The minimum atomic E-state index is -1.28. The van der Waals surface area contributed by atoms with E-state index in [0.29, 0.717) is 0 Å². The maximum Gasteiger partial charge on any atom is 0.341 e. The molecule has 0 unspecified atom stereocenters. The standard InChI is InChI=1S/C14H10BrF2NO3/c15-8-4-5-9(16)7(13(8)17)6-21-11-3-1-2-10(18)12(11)14(19)20/h1-5H,6,18H2,(H,19,20). The molecule has 0 atom stereocenters. The number of halogens is 3. The maximum atomic E-state index is 13.8. The molecule has 0 bridgehead atoms. The van der Waals surface area contributed by atoms with Crippen molar-refractivity contribution in [3.05, 3.63) is 57.6 Å². The van der Waals surface area contributed by atoms with Gasteiger partial charge in [-0.3, -0.25) is 0 Å². The van der Waals surface area contributed by atoms with Crippen LogP contribution in [0.5, 0.6) is 5.75 Å². The summed E-state index contributed by atoms with van der Waals surface area (Å²) in [7, 11) is 0. The van der Waals surface area contributed by atoms with Crippen LogP contribution in [0, 0.1) is 11.6 Å². The Labute approximate surface area is 127 Å². The van der Waals surface area contributed by atoms with Crippen LogP contribution >= 0.6 is 15.9 Å². The van der Waals surface area contributed by atoms with Gasteiger partial charge in [0.25, 0.3) is 0 Å². The Hall–Kier alpha value is -2.15. The summed E-state index contributed by atoms with van der Waals surface area (Å²) in [6, 6.07) is 6.58. The van der Waals surface area contributed by atoms with Crippen molar-refractivity contribution in [2.24, 2.45) is 0 Å².